The van der Waals surface area contributed by atoms with Gasteiger partial charge in [-0.25, -0.2) is 4.39 Å². The van der Waals surface area contributed by atoms with Crippen molar-refractivity contribution in [1.82, 2.24) is 0 Å². The van der Waals surface area contributed by atoms with Gasteiger partial charge in [0.05, 0.1) is 6.33 Å². The van der Waals surface area contributed by atoms with E-state index in [1.165, 1.54) is 70.6 Å². The molecule has 2 rings (SSSR count). The Hall–Kier alpha value is -0.330. The van der Waals surface area contributed by atoms with Crippen molar-refractivity contribution in [2.75, 3.05) is 0 Å². The minimum Gasteiger partial charge on any atom is -0.216 e. The van der Waals surface area contributed by atoms with Gasteiger partial charge < -0.3 is 0 Å². The molecule has 0 aliphatic heterocycles. The van der Waals surface area contributed by atoms with Crippen molar-refractivity contribution < 1.29 is 4.39 Å². The molecule has 0 unspecified atom stereocenters. The Morgan fingerprint density at radius 2 is 1.40 bits per heavy atom. The van der Waals surface area contributed by atoms with Crippen LogP contribution >= 0.6 is 0 Å². The van der Waals surface area contributed by atoms with Gasteiger partial charge in [-0.15, -0.1) is 0 Å². The first-order valence-electron chi connectivity index (χ1n) is 9.08. The highest BCUT2D eigenvalue weighted by Crippen LogP contribution is 2.42. The van der Waals surface area contributed by atoms with Crippen molar-refractivity contribution in [1.29, 1.82) is 0 Å². The van der Waals surface area contributed by atoms with Crippen molar-refractivity contribution in [2.45, 2.75) is 84.0 Å². The summed E-state index contributed by atoms with van der Waals surface area (Å²) in [6, 6.07) is 0. The second-order valence-electron chi connectivity index (χ2n) is 7.30. The lowest BCUT2D eigenvalue weighted by Crippen LogP contribution is -2.25. The van der Waals surface area contributed by atoms with Gasteiger partial charge in [0.2, 0.25) is 0 Å². The van der Waals surface area contributed by atoms with E-state index in [4.69, 9.17) is 0 Å². The van der Waals surface area contributed by atoms with Crippen LogP contribution in [0.2, 0.25) is 0 Å². The fourth-order valence-electron chi connectivity index (χ4n) is 4.58. The number of halogens is 1. The van der Waals surface area contributed by atoms with Crippen LogP contribution in [0.25, 0.3) is 0 Å². The summed E-state index contributed by atoms with van der Waals surface area (Å²) in [5, 5.41) is 0. The van der Waals surface area contributed by atoms with Crippen LogP contribution in [0.15, 0.2) is 12.4 Å². The molecule has 2 aliphatic rings. The van der Waals surface area contributed by atoms with E-state index >= 15 is 0 Å². The van der Waals surface area contributed by atoms with Crippen LogP contribution in [-0.2, 0) is 0 Å². The van der Waals surface area contributed by atoms with Gasteiger partial charge in [0.1, 0.15) is 0 Å². The smallest absolute Gasteiger partial charge is 0.0827 e. The van der Waals surface area contributed by atoms with Gasteiger partial charge in [-0.2, -0.15) is 0 Å². The Bertz CT molecular complexity index is 267. The average Bonchev–Trinajstić information content (AvgIpc) is 2.52. The van der Waals surface area contributed by atoms with Crippen molar-refractivity contribution in [3.8, 4) is 0 Å². The number of unbranched alkanes of at least 4 members (excludes halogenated alkanes) is 1. The minimum atomic E-state index is 0.726. The molecule has 2 aliphatic carbocycles. The van der Waals surface area contributed by atoms with Gasteiger partial charge in [0.15, 0.2) is 0 Å². The Kier molecular flexibility index (Phi) is 7.10. The van der Waals surface area contributed by atoms with Crippen LogP contribution in [0, 0.1) is 23.7 Å². The Morgan fingerprint density at radius 3 is 1.90 bits per heavy atom. The highest BCUT2D eigenvalue weighted by atomic mass is 19.1. The third kappa shape index (κ3) is 4.90. The zero-order chi connectivity index (χ0) is 14.2. The summed E-state index contributed by atoms with van der Waals surface area (Å²) in [5.41, 5.74) is 0. The highest BCUT2D eigenvalue weighted by Gasteiger charge is 2.30. The minimum absolute atomic E-state index is 0.726. The Morgan fingerprint density at radius 1 is 0.850 bits per heavy atom. The molecule has 1 heteroatoms. The summed E-state index contributed by atoms with van der Waals surface area (Å²) in [5.74, 6) is 3.81. The lowest BCUT2D eigenvalue weighted by molar-refractivity contribution is 0.143. The predicted molar refractivity (Wildman–Crippen MR) is 85.3 cm³/mol. The number of hydrogen-bond acceptors (Lipinski definition) is 0. The molecule has 20 heavy (non-hydrogen) atoms. The topological polar surface area (TPSA) is 0 Å². The zero-order valence-electron chi connectivity index (χ0n) is 13.3. The molecule has 0 N–H and O–H groups in total. The Balaban J connectivity index is 1.65. The summed E-state index contributed by atoms with van der Waals surface area (Å²) in [4.78, 5) is 0. The van der Waals surface area contributed by atoms with Gasteiger partial charge >= 0.3 is 0 Å². The van der Waals surface area contributed by atoms with Crippen molar-refractivity contribution in [3.05, 3.63) is 12.4 Å². The second-order valence-corrected chi connectivity index (χ2v) is 7.30. The lowest BCUT2D eigenvalue weighted by Gasteiger charge is -2.37. The number of hydrogen-bond donors (Lipinski definition) is 0. The third-order valence-corrected chi connectivity index (χ3v) is 5.97. The van der Waals surface area contributed by atoms with E-state index in [-0.39, 0.29) is 0 Å². The molecular formula is C19H33F. The van der Waals surface area contributed by atoms with Gasteiger partial charge in [0, 0.05) is 0 Å². The molecule has 2 saturated carbocycles. The number of rotatable bonds is 6. The van der Waals surface area contributed by atoms with Crippen molar-refractivity contribution in [3.63, 3.8) is 0 Å². The highest BCUT2D eigenvalue weighted by molar-refractivity contribution is 4.85. The summed E-state index contributed by atoms with van der Waals surface area (Å²) in [6.45, 7) is 2.31. The molecule has 0 radical (unpaired) electrons. The molecule has 0 bridgehead atoms. The standard InChI is InChI=1S/C19H33F/c1-2-3-5-16-7-11-18(12-8-16)19-13-9-17(10-14-19)6-4-15-20/h4,15-19H,2-3,5-14H2,1H3/b15-4+/t16-,17-,18-,19-. The maximum Gasteiger partial charge on any atom is 0.0827 e. The maximum atomic E-state index is 12.1. The van der Waals surface area contributed by atoms with Crippen molar-refractivity contribution >= 4 is 0 Å². The molecular weight excluding hydrogens is 247 g/mol. The normalized spacial score (nSPS) is 35.5. The second kappa shape index (κ2) is 8.85. The first-order valence-corrected chi connectivity index (χ1v) is 9.08. The zero-order valence-corrected chi connectivity index (χ0v) is 13.3. The van der Waals surface area contributed by atoms with E-state index in [2.05, 4.69) is 6.92 Å². The first-order chi connectivity index (χ1) is 9.83. The van der Waals surface area contributed by atoms with Crippen LogP contribution < -0.4 is 0 Å². The van der Waals surface area contributed by atoms with Crippen LogP contribution in [0.1, 0.15) is 84.0 Å². The molecule has 0 aromatic carbocycles. The fourth-order valence-corrected chi connectivity index (χ4v) is 4.58. The monoisotopic (exact) mass is 280 g/mol. The third-order valence-electron chi connectivity index (χ3n) is 5.97. The van der Waals surface area contributed by atoms with E-state index in [9.17, 15) is 4.39 Å². The van der Waals surface area contributed by atoms with E-state index in [1.807, 2.05) is 0 Å². The fraction of sp³-hybridized carbons (Fsp3) is 0.895. The van der Waals surface area contributed by atoms with Crippen LogP contribution in [-0.4, -0.2) is 0 Å². The van der Waals surface area contributed by atoms with Gasteiger partial charge in [-0.1, -0.05) is 45.1 Å². The Labute approximate surface area is 125 Å². The molecule has 0 amide bonds. The van der Waals surface area contributed by atoms with E-state index in [0.29, 0.717) is 0 Å². The van der Waals surface area contributed by atoms with Gasteiger partial charge in [0.25, 0.3) is 0 Å². The molecule has 0 spiro atoms. The molecule has 0 heterocycles. The summed E-state index contributed by atoms with van der Waals surface area (Å²) in [6.07, 6.45) is 19.2. The molecule has 0 saturated heterocycles. The van der Waals surface area contributed by atoms with Gasteiger partial charge in [-0.3, -0.25) is 0 Å². The molecule has 2 fully saturated rings. The summed E-state index contributed by atoms with van der Waals surface area (Å²) >= 11 is 0. The average molecular weight is 280 g/mol. The molecule has 116 valence electrons. The van der Waals surface area contributed by atoms with Crippen LogP contribution in [0.5, 0.6) is 0 Å². The lowest BCUT2D eigenvalue weighted by atomic mass is 9.68. The van der Waals surface area contributed by atoms with Gasteiger partial charge in [-0.05, 0) is 68.6 Å². The van der Waals surface area contributed by atoms with E-state index < -0.39 is 0 Å². The quantitative estimate of drug-likeness (QED) is 0.510. The SMILES string of the molecule is CCCC[C@H]1CC[C@H]([C@H]2CC[C@H](C/C=C/F)CC2)CC1. The first kappa shape index (κ1) is 16.0. The maximum absolute atomic E-state index is 12.1. The molecule has 0 nitrogen and oxygen atoms in total. The predicted octanol–water partition coefficient (Wildman–Crippen LogP) is 6.66. The number of allylic oxidation sites excluding steroid dienone is 1. The van der Waals surface area contributed by atoms with E-state index in [1.54, 1.807) is 6.08 Å². The van der Waals surface area contributed by atoms with E-state index in [0.717, 1.165) is 36.4 Å². The molecule has 0 aromatic rings. The molecule has 0 atom stereocenters. The summed E-state index contributed by atoms with van der Waals surface area (Å²) < 4.78 is 12.1. The van der Waals surface area contributed by atoms with Crippen molar-refractivity contribution in [2.24, 2.45) is 23.7 Å². The molecule has 0 aromatic heterocycles. The summed E-state index contributed by atoms with van der Waals surface area (Å²) in [7, 11) is 0. The van der Waals surface area contributed by atoms with Crippen LogP contribution in [0.3, 0.4) is 0 Å². The largest absolute Gasteiger partial charge is 0.216 e. The van der Waals surface area contributed by atoms with Crippen LogP contribution in [0.4, 0.5) is 4.39 Å².